The number of benzene rings is 1. The summed E-state index contributed by atoms with van der Waals surface area (Å²) in [5.74, 6) is 0.000649. The first-order chi connectivity index (χ1) is 9.93. The molecule has 0 N–H and O–H groups in total. The van der Waals surface area contributed by atoms with Crippen molar-refractivity contribution in [3.05, 3.63) is 29.8 Å². The van der Waals surface area contributed by atoms with E-state index in [2.05, 4.69) is 15.9 Å². The van der Waals surface area contributed by atoms with E-state index in [-0.39, 0.29) is 10.8 Å². The molecule has 0 saturated heterocycles. The minimum absolute atomic E-state index is 0.000649. The van der Waals surface area contributed by atoms with Crippen LogP contribution in [-0.4, -0.2) is 43.4 Å². The van der Waals surface area contributed by atoms with Gasteiger partial charge in [-0.15, -0.1) is 0 Å². The highest BCUT2D eigenvalue weighted by atomic mass is 79.9. The van der Waals surface area contributed by atoms with Crippen molar-refractivity contribution >= 4 is 31.7 Å². The fourth-order valence-electron chi connectivity index (χ4n) is 2.39. The molecule has 2 rings (SSSR count). The van der Waals surface area contributed by atoms with Crippen LogP contribution in [0.4, 0.5) is 0 Å². The van der Waals surface area contributed by atoms with Gasteiger partial charge in [0.2, 0.25) is 0 Å². The number of hydrogen-bond acceptors (Lipinski definition) is 3. The van der Waals surface area contributed by atoms with Crippen LogP contribution in [0.3, 0.4) is 0 Å². The third kappa shape index (κ3) is 4.07. The van der Waals surface area contributed by atoms with Crippen molar-refractivity contribution in [2.24, 2.45) is 0 Å². The van der Waals surface area contributed by atoms with E-state index in [4.69, 9.17) is 0 Å². The molecule has 116 valence electrons. The third-order valence-electron chi connectivity index (χ3n) is 3.84. The Labute approximate surface area is 134 Å². The molecule has 1 fully saturated rings. The summed E-state index contributed by atoms with van der Waals surface area (Å²) in [4.78, 5) is 14.8. The van der Waals surface area contributed by atoms with Crippen LogP contribution in [0.25, 0.3) is 0 Å². The van der Waals surface area contributed by atoms with Gasteiger partial charge in [0.25, 0.3) is 5.91 Å². The fraction of sp³-hybridized carbons (Fsp3) is 0.533. The van der Waals surface area contributed by atoms with E-state index in [1.807, 2.05) is 4.90 Å². The molecule has 1 aliphatic carbocycles. The Bertz CT molecular complexity index is 594. The molecule has 1 aromatic rings. The van der Waals surface area contributed by atoms with Crippen LogP contribution in [-0.2, 0) is 9.84 Å². The Kier molecular flexibility index (Phi) is 5.43. The van der Waals surface area contributed by atoms with Crippen molar-refractivity contribution in [1.82, 2.24) is 4.90 Å². The first-order valence-electron chi connectivity index (χ1n) is 7.10. The molecule has 0 radical (unpaired) electrons. The lowest BCUT2D eigenvalue weighted by molar-refractivity contribution is 0.0581. The summed E-state index contributed by atoms with van der Waals surface area (Å²) >= 11 is 3.40. The van der Waals surface area contributed by atoms with Gasteiger partial charge >= 0.3 is 0 Å². The third-order valence-corrected chi connectivity index (χ3v) is 5.53. The van der Waals surface area contributed by atoms with Crippen molar-refractivity contribution in [3.8, 4) is 0 Å². The quantitative estimate of drug-likeness (QED) is 0.720. The molecule has 6 heteroatoms. The van der Waals surface area contributed by atoms with Crippen molar-refractivity contribution in [2.45, 2.75) is 36.6 Å². The Hall–Kier alpha value is -0.880. The number of sulfone groups is 1. The van der Waals surface area contributed by atoms with Gasteiger partial charge in [-0.25, -0.2) is 8.42 Å². The highest BCUT2D eigenvalue weighted by molar-refractivity contribution is 9.09. The van der Waals surface area contributed by atoms with Crippen LogP contribution < -0.4 is 0 Å². The largest absolute Gasteiger partial charge is 0.336 e. The second-order valence-electron chi connectivity index (χ2n) is 5.42. The molecule has 1 amide bonds. The lowest BCUT2D eigenvalue weighted by Gasteiger charge is -2.37. The number of amides is 1. The summed E-state index contributed by atoms with van der Waals surface area (Å²) in [6.07, 6.45) is 5.39. The summed E-state index contributed by atoms with van der Waals surface area (Å²) in [6, 6.07) is 6.57. The monoisotopic (exact) mass is 373 g/mol. The average Bonchev–Trinajstić information content (AvgIpc) is 2.39. The number of carbonyl (C=O) groups is 1. The van der Waals surface area contributed by atoms with E-state index in [9.17, 15) is 13.2 Å². The average molecular weight is 374 g/mol. The summed E-state index contributed by atoms with van der Waals surface area (Å²) in [6.45, 7) is 0.739. The highest BCUT2D eigenvalue weighted by Gasteiger charge is 2.29. The van der Waals surface area contributed by atoms with E-state index in [0.29, 0.717) is 11.6 Å². The summed E-state index contributed by atoms with van der Waals surface area (Å²) in [7, 11) is -3.22. The van der Waals surface area contributed by atoms with E-state index in [0.717, 1.165) is 31.1 Å². The molecule has 21 heavy (non-hydrogen) atoms. The molecule has 1 aliphatic rings. The Morgan fingerprint density at radius 1 is 1.29 bits per heavy atom. The van der Waals surface area contributed by atoms with Crippen molar-refractivity contribution < 1.29 is 13.2 Å². The van der Waals surface area contributed by atoms with E-state index >= 15 is 0 Å². The first-order valence-corrected chi connectivity index (χ1v) is 10.1. The van der Waals surface area contributed by atoms with Gasteiger partial charge in [0.05, 0.1) is 4.90 Å². The maximum atomic E-state index is 12.6. The Balaban J connectivity index is 2.16. The van der Waals surface area contributed by atoms with Gasteiger partial charge in [0, 0.05) is 29.7 Å². The van der Waals surface area contributed by atoms with Gasteiger partial charge in [0.1, 0.15) is 0 Å². The molecular formula is C15H20BrNO3S. The van der Waals surface area contributed by atoms with Crippen molar-refractivity contribution in [2.75, 3.05) is 18.1 Å². The van der Waals surface area contributed by atoms with E-state index in [1.54, 1.807) is 12.1 Å². The van der Waals surface area contributed by atoms with E-state index in [1.165, 1.54) is 24.8 Å². The van der Waals surface area contributed by atoms with E-state index < -0.39 is 9.84 Å². The smallest absolute Gasteiger partial charge is 0.254 e. The van der Waals surface area contributed by atoms with Crippen LogP contribution in [0.1, 0.15) is 36.0 Å². The number of rotatable bonds is 6. The SMILES string of the molecule is CS(=O)(=O)c1ccc(C(=O)N(CCCBr)C2CCC2)cc1. The van der Waals surface area contributed by atoms with Crippen LogP contribution in [0, 0.1) is 0 Å². The van der Waals surface area contributed by atoms with Crippen molar-refractivity contribution in [1.29, 1.82) is 0 Å². The molecule has 1 aromatic carbocycles. The van der Waals surface area contributed by atoms with Gasteiger partial charge in [-0.3, -0.25) is 4.79 Å². The number of carbonyl (C=O) groups excluding carboxylic acids is 1. The Morgan fingerprint density at radius 2 is 1.90 bits per heavy atom. The zero-order valence-electron chi connectivity index (χ0n) is 12.1. The van der Waals surface area contributed by atoms with Gasteiger partial charge in [-0.2, -0.15) is 0 Å². The standard InChI is InChI=1S/C15H20BrNO3S/c1-21(19,20)14-8-6-12(7-9-14)15(18)17(11-3-10-16)13-4-2-5-13/h6-9,13H,2-5,10-11H2,1H3. The number of alkyl halides is 1. The molecule has 0 bridgehead atoms. The molecular weight excluding hydrogens is 354 g/mol. The lowest BCUT2D eigenvalue weighted by atomic mass is 9.91. The zero-order chi connectivity index (χ0) is 15.5. The predicted octanol–water partition coefficient (Wildman–Crippen LogP) is 2.87. The number of hydrogen-bond donors (Lipinski definition) is 0. The van der Waals surface area contributed by atoms with Crippen LogP contribution >= 0.6 is 15.9 Å². The minimum Gasteiger partial charge on any atom is -0.336 e. The Morgan fingerprint density at radius 3 is 2.33 bits per heavy atom. The molecule has 0 atom stereocenters. The second-order valence-corrected chi connectivity index (χ2v) is 8.23. The zero-order valence-corrected chi connectivity index (χ0v) is 14.5. The molecule has 1 saturated carbocycles. The second kappa shape index (κ2) is 6.92. The lowest BCUT2D eigenvalue weighted by Crippen LogP contribution is -2.44. The van der Waals surface area contributed by atoms with Gasteiger partial charge < -0.3 is 4.90 Å². The van der Waals surface area contributed by atoms with Crippen LogP contribution in [0.2, 0.25) is 0 Å². The molecule has 0 unspecified atom stereocenters. The maximum Gasteiger partial charge on any atom is 0.254 e. The van der Waals surface area contributed by atoms with Crippen LogP contribution in [0.15, 0.2) is 29.2 Å². The highest BCUT2D eigenvalue weighted by Crippen LogP contribution is 2.26. The normalized spacial score (nSPS) is 15.5. The maximum absolute atomic E-state index is 12.6. The molecule has 4 nitrogen and oxygen atoms in total. The van der Waals surface area contributed by atoms with Crippen LogP contribution in [0.5, 0.6) is 0 Å². The van der Waals surface area contributed by atoms with Crippen molar-refractivity contribution in [3.63, 3.8) is 0 Å². The predicted molar refractivity (Wildman–Crippen MR) is 86.6 cm³/mol. The number of nitrogens with zero attached hydrogens (tertiary/aromatic N) is 1. The summed E-state index contributed by atoms with van der Waals surface area (Å²) < 4.78 is 22.9. The minimum atomic E-state index is -3.22. The van der Waals surface area contributed by atoms with Gasteiger partial charge in [0.15, 0.2) is 9.84 Å². The summed E-state index contributed by atoms with van der Waals surface area (Å²) in [5, 5.41) is 0.872. The molecule has 0 heterocycles. The first kappa shape index (κ1) is 16.5. The summed E-state index contributed by atoms with van der Waals surface area (Å²) in [5.41, 5.74) is 0.559. The molecule has 0 aromatic heterocycles. The number of halogens is 1. The van der Waals surface area contributed by atoms with Gasteiger partial charge in [-0.05, 0) is 49.9 Å². The van der Waals surface area contributed by atoms with Gasteiger partial charge in [-0.1, -0.05) is 15.9 Å². The molecule has 0 aliphatic heterocycles. The topological polar surface area (TPSA) is 54.5 Å². The molecule has 0 spiro atoms. The fourth-order valence-corrected chi connectivity index (χ4v) is 3.27.